The molecule has 6 rings (SSSR count). The maximum Gasteiger partial charge on any atom is 0.335 e. The Hall–Kier alpha value is -5.49. The van der Waals surface area contributed by atoms with E-state index < -0.39 is 23.4 Å². The number of ether oxygens (including phenoxy) is 2. The summed E-state index contributed by atoms with van der Waals surface area (Å²) in [5.74, 6) is -2.38. The number of hydrogen-bond acceptors (Lipinski definition) is 6. The molecule has 0 saturated heterocycles. The number of aryl methyl sites for hydroxylation is 1. The minimum absolute atomic E-state index is 0.0500. The number of nitrogens with zero attached hydrogens (tertiary/aromatic N) is 5. The Morgan fingerprint density at radius 1 is 0.913 bits per heavy atom. The van der Waals surface area contributed by atoms with Crippen LogP contribution < -0.4 is 4.74 Å². The second kappa shape index (κ2) is 12.9. The highest BCUT2D eigenvalue weighted by atomic mass is 19.1. The number of methoxy groups -OCH3 is 1. The second-order valence-electron chi connectivity index (χ2n) is 10.6. The molecule has 1 N–H and O–H groups in total. The first kappa shape index (κ1) is 30.5. The Kier molecular flexibility index (Phi) is 8.53. The topological polar surface area (TPSA) is 104 Å². The van der Waals surface area contributed by atoms with Crippen molar-refractivity contribution in [1.82, 2.24) is 24.3 Å². The van der Waals surface area contributed by atoms with Crippen LogP contribution in [0.3, 0.4) is 0 Å². The summed E-state index contributed by atoms with van der Waals surface area (Å²) in [5, 5.41) is 13.5. The largest absolute Gasteiger partial charge is 0.478 e. The van der Waals surface area contributed by atoms with Gasteiger partial charge in [-0.15, -0.1) is 0 Å². The molecule has 12 heteroatoms. The summed E-state index contributed by atoms with van der Waals surface area (Å²) in [6, 6.07) is 16.1. The van der Waals surface area contributed by atoms with Gasteiger partial charge in [-0.3, -0.25) is 4.68 Å². The molecule has 0 saturated carbocycles. The fourth-order valence-electron chi connectivity index (χ4n) is 5.17. The molecule has 0 unspecified atom stereocenters. The van der Waals surface area contributed by atoms with Gasteiger partial charge in [-0.1, -0.05) is 18.2 Å². The van der Waals surface area contributed by atoms with E-state index in [1.54, 1.807) is 59.0 Å². The van der Waals surface area contributed by atoms with Gasteiger partial charge in [0.15, 0.2) is 0 Å². The molecule has 0 aliphatic rings. The molecule has 3 heterocycles. The van der Waals surface area contributed by atoms with Crippen LogP contribution in [0.5, 0.6) is 5.88 Å². The fourth-order valence-corrected chi connectivity index (χ4v) is 5.17. The van der Waals surface area contributed by atoms with Crippen molar-refractivity contribution in [3.63, 3.8) is 0 Å². The first-order chi connectivity index (χ1) is 22.2. The molecule has 3 aromatic heterocycles. The minimum Gasteiger partial charge on any atom is -0.478 e. The average molecular weight is 628 g/mol. The van der Waals surface area contributed by atoms with E-state index in [1.165, 1.54) is 31.4 Å². The van der Waals surface area contributed by atoms with Crippen molar-refractivity contribution in [1.29, 1.82) is 0 Å². The van der Waals surface area contributed by atoms with Crippen LogP contribution in [0.25, 0.3) is 33.4 Å². The first-order valence-corrected chi connectivity index (χ1v) is 14.3. The van der Waals surface area contributed by atoms with Crippen molar-refractivity contribution in [2.24, 2.45) is 7.05 Å². The summed E-state index contributed by atoms with van der Waals surface area (Å²) >= 11 is 0. The predicted octanol–water partition coefficient (Wildman–Crippen LogP) is 6.43. The quantitative estimate of drug-likeness (QED) is 0.177. The molecule has 0 atom stereocenters. The highest BCUT2D eigenvalue weighted by Gasteiger charge is 2.19. The molecule has 0 aliphatic heterocycles. The lowest BCUT2D eigenvalue weighted by Gasteiger charge is -2.12. The third-order valence-corrected chi connectivity index (χ3v) is 7.54. The zero-order chi connectivity index (χ0) is 32.4. The van der Waals surface area contributed by atoms with E-state index in [0.717, 1.165) is 17.7 Å². The van der Waals surface area contributed by atoms with Gasteiger partial charge in [0.2, 0.25) is 5.88 Å². The van der Waals surface area contributed by atoms with Gasteiger partial charge < -0.3 is 19.1 Å². The molecular formula is C34H28F3N5O4. The van der Waals surface area contributed by atoms with Crippen molar-refractivity contribution >= 4 is 17.0 Å². The Labute approximate surface area is 261 Å². The molecular weight excluding hydrogens is 599 g/mol. The number of hydrogen-bond donors (Lipinski definition) is 1. The number of halogens is 3. The van der Waals surface area contributed by atoms with Gasteiger partial charge in [0.1, 0.15) is 29.9 Å². The summed E-state index contributed by atoms with van der Waals surface area (Å²) < 4.78 is 60.0. The van der Waals surface area contributed by atoms with Crippen LogP contribution >= 0.6 is 0 Å². The Bertz CT molecular complexity index is 2070. The van der Waals surface area contributed by atoms with E-state index in [0.29, 0.717) is 41.1 Å². The van der Waals surface area contributed by atoms with Gasteiger partial charge in [0, 0.05) is 56.1 Å². The van der Waals surface area contributed by atoms with Crippen molar-refractivity contribution in [2.45, 2.75) is 19.6 Å². The van der Waals surface area contributed by atoms with E-state index in [1.807, 2.05) is 0 Å². The van der Waals surface area contributed by atoms with Crippen molar-refractivity contribution in [3.05, 3.63) is 119 Å². The van der Waals surface area contributed by atoms with Crippen LogP contribution in [0.4, 0.5) is 13.2 Å². The van der Waals surface area contributed by atoms with Crippen LogP contribution in [-0.2, 0) is 31.4 Å². The molecule has 0 fully saturated rings. The van der Waals surface area contributed by atoms with Gasteiger partial charge >= 0.3 is 5.97 Å². The molecule has 3 aromatic carbocycles. The highest BCUT2D eigenvalue weighted by molar-refractivity contribution is 5.92. The number of benzene rings is 3. The van der Waals surface area contributed by atoms with Crippen LogP contribution in [0.2, 0.25) is 0 Å². The number of carboxylic acids is 1. The zero-order valence-electron chi connectivity index (χ0n) is 24.9. The number of rotatable bonds is 11. The molecule has 0 radical (unpaired) electrons. The lowest BCUT2D eigenvalue weighted by Crippen LogP contribution is -2.10. The van der Waals surface area contributed by atoms with Gasteiger partial charge in [0.25, 0.3) is 0 Å². The third kappa shape index (κ3) is 6.33. The number of aromatic carboxylic acids is 1. The van der Waals surface area contributed by atoms with E-state index in [2.05, 4.69) is 15.1 Å². The van der Waals surface area contributed by atoms with Crippen molar-refractivity contribution in [2.75, 3.05) is 13.7 Å². The standard InChI is InChI=1S/C34H28F3N5O4/c1-41-18-24(17-38-41)20-6-7-22(26(35)12-20)19-46-33-5-3-4-29(40-33)25-16-27(36)23(13-28(25)37)15-32-39-30-9-8-21(34(43)44)14-31(30)42(32)10-11-45-2/h3-9,12-14,16-18H,10-11,15,19H2,1-2H3,(H,43,44). The van der Waals surface area contributed by atoms with Crippen LogP contribution in [-0.4, -0.2) is 49.1 Å². The summed E-state index contributed by atoms with van der Waals surface area (Å²) in [4.78, 5) is 20.4. The highest BCUT2D eigenvalue weighted by Crippen LogP contribution is 2.29. The van der Waals surface area contributed by atoms with E-state index >= 15 is 8.78 Å². The van der Waals surface area contributed by atoms with Crippen molar-refractivity contribution < 1.29 is 32.5 Å². The molecule has 0 bridgehead atoms. The Morgan fingerprint density at radius 2 is 1.74 bits per heavy atom. The number of imidazole rings is 1. The number of carbonyl (C=O) groups is 1. The zero-order valence-corrected chi connectivity index (χ0v) is 24.9. The lowest BCUT2D eigenvalue weighted by molar-refractivity contribution is 0.0697. The van der Waals surface area contributed by atoms with Gasteiger partial charge in [-0.25, -0.2) is 27.9 Å². The molecule has 9 nitrogen and oxygen atoms in total. The van der Waals surface area contributed by atoms with Crippen molar-refractivity contribution in [3.8, 4) is 28.3 Å². The van der Waals surface area contributed by atoms with Crippen LogP contribution in [0, 0.1) is 17.5 Å². The van der Waals surface area contributed by atoms with Gasteiger partial charge in [-0.2, -0.15) is 5.10 Å². The molecule has 0 aliphatic carbocycles. The fraction of sp³-hybridized carbons (Fsp3) is 0.176. The smallest absolute Gasteiger partial charge is 0.335 e. The number of carboxylic acid groups (broad SMARTS) is 1. The van der Waals surface area contributed by atoms with Gasteiger partial charge in [0.05, 0.1) is 35.1 Å². The summed E-state index contributed by atoms with van der Waals surface area (Å²) in [7, 11) is 3.31. The van der Waals surface area contributed by atoms with E-state index in [9.17, 15) is 14.3 Å². The Balaban J connectivity index is 1.22. The number of fused-ring (bicyclic) bond motifs is 1. The molecule has 234 valence electrons. The summed E-state index contributed by atoms with van der Waals surface area (Å²) in [6.45, 7) is 0.519. The monoisotopic (exact) mass is 627 g/mol. The number of pyridine rings is 1. The van der Waals surface area contributed by atoms with E-state index in [-0.39, 0.29) is 41.3 Å². The lowest BCUT2D eigenvalue weighted by atomic mass is 10.0. The minimum atomic E-state index is -1.09. The molecule has 0 spiro atoms. The maximum absolute atomic E-state index is 15.5. The average Bonchev–Trinajstić information content (AvgIpc) is 3.63. The Morgan fingerprint density at radius 3 is 2.48 bits per heavy atom. The SMILES string of the molecule is COCCn1c(Cc2cc(F)c(-c3cccc(OCc4ccc(-c5cnn(C)c5)cc4F)n3)cc2F)nc2ccc(C(=O)O)cc21. The van der Waals surface area contributed by atoms with E-state index in [4.69, 9.17) is 9.47 Å². The third-order valence-electron chi connectivity index (χ3n) is 7.54. The summed E-state index contributed by atoms with van der Waals surface area (Å²) in [6.07, 6.45) is 3.38. The number of aromatic nitrogens is 5. The summed E-state index contributed by atoms with van der Waals surface area (Å²) in [5.41, 5.74) is 3.05. The van der Waals surface area contributed by atoms with Gasteiger partial charge in [-0.05, 0) is 53.6 Å². The predicted molar refractivity (Wildman–Crippen MR) is 164 cm³/mol. The maximum atomic E-state index is 15.5. The van der Waals surface area contributed by atoms with Crippen LogP contribution in [0.1, 0.15) is 27.3 Å². The first-order valence-electron chi connectivity index (χ1n) is 14.3. The molecule has 46 heavy (non-hydrogen) atoms. The van der Waals surface area contributed by atoms with Crippen LogP contribution in [0.15, 0.2) is 79.1 Å². The molecule has 6 aromatic rings. The second-order valence-corrected chi connectivity index (χ2v) is 10.6. The molecule has 0 amide bonds. The normalized spacial score (nSPS) is 11.3.